The number of halogens is 2. The Bertz CT molecular complexity index is 424. The first-order valence-corrected chi connectivity index (χ1v) is 5.60. The highest BCUT2D eigenvalue weighted by atomic mass is 19.1. The van der Waals surface area contributed by atoms with Crippen molar-refractivity contribution in [3.63, 3.8) is 0 Å². The first-order chi connectivity index (χ1) is 8.56. The van der Waals surface area contributed by atoms with Gasteiger partial charge in [0.25, 0.3) is 0 Å². The van der Waals surface area contributed by atoms with Gasteiger partial charge in [0.15, 0.2) is 5.78 Å². The van der Waals surface area contributed by atoms with Gasteiger partial charge in [-0.3, -0.25) is 9.59 Å². The lowest BCUT2D eigenvalue weighted by molar-refractivity contribution is -0.140. The number of Topliss-reactive ketones (excluding diaryl/α,β-unsaturated/α-hetero) is 1. The van der Waals surface area contributed by atoms with Crippen LogP contribution in [0.25, 0.3) is 0 Å². The van der Waals surface area contributed by atoms with Crippen LogP contribution in [0.1, 0.15) is 36.0 Å². The summed E-state index contributed by atoms with van der Waals surface area (Å²) < 4.78 is 31.0. The largest absolute Gasteiger partial charge is 0.469 e. The first-order valence-electron chi connectivity index (χ1n) is 5.60. The van der Waals surface area contributed by atoms with Gasteiger partial charge >= 0.3 is 5.97 Å². The van der Waals surface area contributed by atoms with E-state index in [-0.39, 0.29) is 18.8 Å². The highest BCUT2D eigenvalue weighted by Gasteiger charge is 2.16. The van der Waals surface area contributed by atoms with Crippen LogP contribution in [0.5, 0.6) is 0 Å². The maximum absolute atomic E-state index is 13.3. The van der Waals surface area contributed by atoms with Crippen LogP contribution in [0.15, 0.2) is 18.2 Å². The normalized spacial score (nSPS) is 10.2. The molecule has 0 bridgehead atoms. The van der Waals surface area contributed by atoms with Gasteiger partial charge in [-0.1, -0.05) is 6.07 Å². The minimum atomic E-state index is -0.854. The van der Waals surface area contributed by atoms with Gasteiger partial charge < -0.3 is 4.74 Å². The second-order valence-electron chi connectivity index (χ2n) is 3.80. The molecule has 1 aromatic carbocycles. The molecule has 0 saturated heterocycles. The van der Waals surface area contributed by atoms with Crippen LogP contribution in [0, 0.1) is 11.6 Å². The summed E-state index contributed by atoms with van der Waals surface area (Å²) in [7, 11) is 1.28. The molecule has 0 N–H and O–H groups in total. The molecular weight excluding hydrogens is 242 g/mol. The van der Waals surface area contributed by atoms with E-state index in [1.54, 1.807) is 0 Å². The number of unbranched alkanes of at least 4 members (excludes halogenated alkanes) is 1. The van der Waals surface area contributed by atoms with Gasteiger partial charge in [0.2, 0.25) is 0 Å². The minimum Gasteiger partial charge on any atom is -0.469 e. The second kappa shape index (κ2) is 6.83. The zero-order valence-electron chi connectivity index (χ0n) is 10.0. The smallest absolute Gasteiger partial charge is 0.305 e. The van der Waals surface area contributed by atoms with Crippen molar-refractivity contribution in [3.05, 3.63) is 35.4 Å². The van der Waals surface area contributed by atoms with Crippen LogP contribution < -0.4 is 0 Å². The van der Waals surface area contributed by atoms with Crippen molar-refractivity contribution in [1.82, 2.24) is 0 Å². The van der Waals surface area contributed by atoms with E-state index in [2.05, 4.69) is 4.74 Å². The summed E-state index contributed by atoms with van der Waals surface area (Å²) in [5.74, 6) is -2.66. The summed E-state index contributed by atoms with van der Waals surface area (Å²) in [5, 5.41) is 0. The molecule has 0 aliphatic heterocycles. The molecule has 0 radical (unpaired) electrons. The lowest BCUT2D eigenvalue weighted by Crippen LogP contribution is -2.06. The van der Waals surface area contributed by atoms with Crippen molar-refractivity contribution in [1.29, 1.82) is 0 Å². The Hall–Kier alpha value is -1.78. The summed E-state index contributed by atoms with van der Waals surface area (Å²) in [6.45, 7) is 0. The molecule has 1 aromatic rings. The van der Waals surface area contributed by atoms with Crippen LogP contribution in [-0.2, 0) is 9.53 Å². The Morgan fingerprint density at radius 3 is 2.22 bits per heavy atom. The van der Waals surface area contributed by atoms with Crippen LogP contribution in [0.4, 0.5) is 8.78 Å². The van der Waals surface area contributed by atoms with Crippen molar-refractivity contribution in [3.8, 4) is 0 Å². The molecule has 18 heavy (non-hydrogen) atoms. The Morgan fingerprint density at radius 1 is 1.11 bits per heavy atom. The summed E-state index contributed by atoms with van der Waals surface area (Å²) in [6, 6.07) is 3.30. The van der Waals surface area contributed by atoms with Gasteiger partial charge in [0.05, 0.1) is 12.7 Å². The fourth-order valence-corrected chi connectivity index (χ4v) is 1.55. The maximum Gasteiger partial charge on any atom is 0.305 e. The number of carbonyl (C=O) groups excluding carboxylic acids is 2. The fraction of sp³-hybridized carbons (Fsp3) is 0.385. The third-order valence-electron chi connectivity index (χ3n) is 2.50. The number of esters is 1. The summed E-state index contributed by atoms with van der Waals surface area (Å²) in [6.07, 6.45) is 1.05. The van der Waals surface area contributed by atoms with E-state index in [1.165, 1.54) is 13.2 Å². The zero-order chi connectivity index (χ0) is 13.5. The summed E-state index contributed by atoms with van der Waals surface area (Å²) in [4.78, 5) is 22.4. The van der Waals surface area contributed by atoms with Crippen molar-refractivity contribution >= 4 is 11.8 Å². The molecule has 0 saturated carbocycles. The molecule has 1 rings (SSSR count). The van der Waals surface area contributed by atoms with E-state index in [1.807, 2.05) is 0 Å². The van der Waals surface area contributed by atoms with Gasteiger partial charge in [0.1, 0.15) is 11.6 Å². The Morgan fingerprint density at radius 2 is 1.67 bits per heavy atom. The molecule has 0 aliphatic carbocycles. The number of rotatable bonds is 6. The van der Waals surface area contributed by atoms with Crippen LogP contribution in [0.2, 0.25) is 0 Å². The molecule has 0 spiro atoms. The number of hydrogen-bond donors (Lipinski definition) is 0. The molecule has 0 aromatic heterocycles. The summed E-state index contributed by atoms with van der Waals surface area (Å²) >= 11 is 0. The number of methoxy groups -OCH3 is 1. The first kappa shape index (κ1) is 14.3. The summed E-state index contributed by atoms with van der Waals surface area (Å²) in [5.41, 5.74) is -0.504. The molecular formula is C13H14F2O3. The number of ether oxygens (including phenoxy) is 1. The Labute approximate surface area is 104 Å². The second-order valence-corrected chi connectivity index (χ2v) is 3.80. The van der Waals surface area contributed by atoms with E-state index >= 15 is 0 Å². The van der Waals surface area contributed by atoms with Crippen molar-refractivity contribution < 1.29 is 23.1 Å². The molecule has 98 valence electrons. The van der Waals surface area contributed by atoms with Crippen LogP contribution >= 0.6 is 0 Å². The Kier molecular flexibility index (Phi) is 5.42. The number of ketones is 1. The average molecular weight is 256 g/mol. The average Bonchev–Trinajstić information content (AvgIpc) is 2.34. The fourth-order valence-electron chi connectivity index (χ4n) is 1.55. The van der Waals surface area contributed by atoms with Crippen molar-refractivity contribution in [2.24, 2.45) is 0 Å². The quantitative estimate of drug-likeness (QED) is 0.446. The van der Waals surface area contributed by atoms with Crippen molar-refractivity contribution in [2.45, 2.75) is 25.7 Å². The SMILES string of the molecule is COC(=O)CCCCC(=O)c1c(F)cccc1F. The lowest BCUT2D eigenvalue weighted by atomic mass is 10.0. The van der Waals surface area contributed by atoms with Gasteiger partial charge in [0, 0.05) is 12.8 Å². The minimum absolute atomic E-state index is 0.00878. The maximum atomic E-state index is 13.3. The molecule has 3 nitrogen and oxygen atoms in total. The zero-order valence-corrected chi connectivity index (χ0v) is 10.0. The number of carbonyl (C=O) groups is 2. The van der Waals surface area contributed by atoms with Gasteiger partial charge in [-0.05, 0) is 25.0 Å². The third-order valence-corrected chi connectivity index (χ3v) is 2.50. The molecule has 0 aliphatic rings. The monoisotopic (exact) mass is 256 g/mol. The third kappa shape index (κ3) is 3.91. The van der Waals surface area contributed by atoms with Gasteiger partial charge in [-0.25, -0.2) is 8.78 Å². The van der Waals surface area contributed by atoms with Crippen LogP contribution in [0.3, 0.4) is 0 Å². The lowest BCUT2D eigenvalue weighted by Gasteiger charge is -2.04. The molecule has 0 fully saturated rings. The molecule has 0 atom stereocenters. The van der Waals surface area contributed by atoms with Gasteiger partial charge in [-0.2, -0.15) is 0 Å². The van der Waals surface area contributed by atoms with Gasteiger partial charge in [-0.15, -0.1) is 0 Å². The van der Waals surface area contributed by atoms with Crippen LogP contribution in [-0.4, -0.2) is 18.9 Å². The highest BCUT2D eigenvalue weighted by Crippen LogP contribution is 2.16. The number of benzene rings is 1. The topological polar surface area (TPSA) is 43.4 Å². The Balaban J connectivity index is 2.49. The molecule has 0 heterocycles. The standard InChI is InChI=1S/C13H14F2O3/c1-18-12(17)8-3-2-7-11(16)13-9(14)5-4-6-10(13)15/h4-6H,2-3,7-8H2,1H3. The molecule has 0 unspecified atom stereocenters. The molecule has 0 amide bonds. The van der Waals surface area contributed by atoms with E-state index in [0.717, 1.165) is 12.1 Å². The molecule has 5 heteroatoms. The van der Waals surface area contributed by atoms with E-state index in [9.17, 15) is 18.4 Å². The van der Waals surface area contributed by atoms with E-state index in [4.69, 9.17) is 0 Å². The highest BCUT2D eigenvalue weighted by molar-refractivity contribution is 5.96. The van der Waals surface area contributed by atoms with E-state index < -0.39 is 23.0 Å². The van der Waals surface area contributed by atoms with E-state index in [0.29, 0.717) is 12.8 Å². The predicted octanol–water partition coefficient (Wildman–Crippen LogP) is 2.88. The van der Waals surface area contributed by atoms with Crippen molar-refractivity contribution in [2.75, 3.05) is 7.11 Å². The number of hydrogen-bond acceptors (Lipinski definition) is 3. The predicted molar refractivity (Wildman–Crippen MR) is 61.2 cm³/mol.